The number of rotatable bonds is 8. The zero-order chi connectivity index (χ0) is 20.0. The van der Waals surface area contributed by atoms with Crippen molar-refractivity contribution >= 4 is 33.2 Å². The standard InChI is InChI=1S/C19H21ClN2O5S/c20-14-3-5-15(6-4-14)22-28(24,25)18-9-7-16(8-10-18)27-13-19(23)21-12-17-2-1-11-26-17/h3-10,17,22H,1-2,11-13H2,(H,21,23). The molecule has 1 saturated heterocycles. The first-order valence-corrected chi connectivity index (χ1v) is 10.7. The number of amides is 1. The summed E-state index contributed by atoms with van der Waals surface area (Å²) < 4.78 is 38.1. The van der Waals surface area contributed by atoms with Crippen molar-refractivity contribution in [3.05, 3.63) is 53.6 Å². The Labute approximate surface area is 169 Å². The number of hydrogen-bond donors (Lipinski definition) is 2. The molecule has 1 unspecified atom stereocenters. The number of anilines is 1. The average Bonchev–Trinajstić information content (AvgIpc) is 3.20. The lowest BCUT2D eigenvalue weighted by molar-refractivity contribution is -0.123. The van der Waals surface area contributed by atoms with Crippen LogP contribution < -0.4 is 14.8 Å². The fraction of sp³-hybridized carbons (Fsp3) is 0.316. The van der Waals surface area contributed by atoms with Gasteiger partial charge in [-0.05, 0) is 61.4 Å². The van der Waals surface area contributed by atoms with Gasteiger partial charge in [-0.3, -0.25) is 9.52 Å². The summed E-state index contributed by atoms with van der Waals surface area (Å²) in [6.07, 6.45) is 2.03. The van der Waals surface area contributed by atoms with Gasteiger partial charge in [0.1, 0.15) is 5.75 Å². The third-order valence-corrected chi connectivity index (χ3v) is 5.80. The van der Waals surface area contributed by atoms with E-state index in [4.69, 9.17) is 21.1 Å². The Morgan fingerprint density at radius 1 is 1.14 bits per heavy atom. The van der Waals surface area contributed by atoms with Crippen LogP contribution in [0.2, 0.25) is 5.02 Å². The molecule has 2 aromatic rings. The molecule has 2 N–H and O–H groups in total. The number of carbonyl (C=O) groups is 1. The normalized spacial score (nSPS) is 16.5. The van der Waals surface area contributed by atoms with Crippen molar-refractivity contribution in [3.63, 3.8) is 0 Å². The van der Waals surface area contributed by atoms with Crippen LogP contribution in [0.3, 0.4) is 0 Å². The maximum Gasteiger partial charge on any atom is 0.261 e. The molecule has 0 aliphatic carbocycles. The average molecular weight is 425 g/mol. The second kappa shape index (κ2) is 9.27. The molecule has 0 bridgehead atoms. The molecule has 150 valence electrons. The molecule has 0 aromatic heterocycles. The third kappa shape index (κ3) is 5.85. The maximum absolute atomic E-state index is 12.4. The van der Waals surface area contributed by atoms with E-state index in [9.17, 15) is 13.2 Å². The zero-order valence-corrected chi connectivity index (χ0v) is 16.6. The highest BCUT2D eigenvalue weighted by molar-refractivity contribution is 7.92. The Bertz CT molecular complexity index is 895. The zero-order valence-electron chi connectivity index (χ0n) is 15.1. The molecular weight excluding hydrogens is 404 g/mol. The van der Waals surface area contributed by atoms with E-state index in [-0.39, 0.29) is 23.5 Å². The lowest BCUT2D eigenvalue weighted by Gasteiger charge is -2.12. The molecule has 1 aliphatic rings. The highest BCUT2D eigenvalue weighted by atomic mass is 35.5. The van der Waals surface area contributed by atoms with Gasteiger partial charge in [0.2, 0.25) is 0 Å². The smallest absolute Gasteiger partial charge is 0.261 e. The lowest BCUT2D eigenvalue weighted by atomic mass is 10.2. The first kappa shape index (κ1) is 20.4. The number of nitrogens with one attached hydrogen (secondary N) is 2. The first-order valence-electron chi connectivity index (χ1n) is 8.82. The van der Waals surface area contributed by atoms with E-state index in [1.165, 1.54) is 24.3 Å². The molecule has 1 fully saturated rings. The van der Waals surface area contributed by atoms with Crippen molar-refractivity contribution in [2.75, 3.05) is 24.5 Å². The quantitative estimate of drug-likeness (QED) is 0.679. The van der Waals surface area contributed by atoms with Crippen molar-refractivity contribution in [1.82, 2.24) is 5.32 Å². The summed E-state index contributed by atoms with van der Waals surface area (Å²) in [4.78, 5) is 11.9. The number of carbonyl (C=O) groups excluding carboxylic acids is 1. The summed E-state index contributed by atoms with van der Waals surface area (Å²) >= 11 is 5.80. The molecule has 2 aromatic carbocycles. The second-order valence-corrected chi connectivity index (χ2v) is 8.43. The molecule has 28 heavy (non-hydrogen) atoms. The summed E-state index contributed by atoms with van der Waals surface area (Å²) in [7, 11) is -3.73. The lowest BCUT2D eigenvalue weighted by Crippen LogP contribution is -2.35. The SMILES string of the molecule is O=C(COc1ccc(S(=O)(=O)Nc2ccc(Cl)cc2)cc1)NCC1CCCO1. The molecule has 3 rings (SSSR count). The van der Waals surface area contributed by atoms with Crippen molar-refractivity contribution in [2.24, 2.45) is 0 Å². The van der Waals surface area contributed by atoms with Crippen molar-refractivity contribution < 1.29 is 22.7 Å². The van der Waals surface area contributed by atoms with Crippen molar-refractivity contribution in [3.8, 4) is 5.75 Å². The van der Waals surface area contributed by atoms with E-state index in [1.54, 1.807) is 24.3 Å². The molecule has 1 heterocycles. The Balaban J connectivity index is 1.50. The van der Waals surface area contributed by atoms with Gasteiger partial charge in [-0.2, -0.15) is 0 Å². The third-order valence-electron chi connectivity index (χ3n) is 4.15. The number of sulfonamides is 1. The van der Waals surface area contributed by atoms with Crippen molar-refractivity contribution in [1.29, 1.82) is 0 Å². The summed E-state index contributed by atoms with van der Waals surface area (Å²) in [5.74, 6) is 0.148. The Morgan fingerprint density at radius 2 is 1.86 bits per heavy atom. The van der Waals surface area contributed by atoms with Crippen LogP contribution in [0.15, 0.2) is 53.4 Å². The summed E-state index contributed by atoms with van der Waals surface area (Å²) in [5.41, 5.74) is 0.410. The molecule has 1 amide bonds. The minimum atomic E-state index is -3.73. The minimum absolute atomic E-state index is 0.0709. The number of halogens is 1. The van der Waals surface area contributed by atoms with Gasteiger partial charge in [0.05, 0.1) is 11.0 Å². The van der Waals surface area contributed by atoms with Gasteiger partial charge < -0.3 is 14.8 Å². The van der Waals surface area contributed by atoms with Gasteiger partial charge in [0, 0.05) is 23.9 Å². The van der Waals surface area contributed by atoms with Crippen LogP contribution in [0, 0.1) is 0 Å². The van der Waals surface area contributed by atoms with Crippen LogP contribution in [0.1, 0.15) is 12.8 Å². The second-order valence-electron chi connectivity index (χ2n) is 6.31. The summed E-state index contributed by atoms with van der Waals surface area (Å²) in [5, 5.41) is 3.28. The number of benzene rings is 2. The molecule has 0 radical (unpaired) electrons. The van der Waals surface area contributed by atoms with E-state index in [0.29, 0.717) is 23.0 Å². The van der Waals surface area contributed by atoms with Crippen LogP contribution in [-0.4, -0.2) is 40.2 Å². The van der Waals surface area contributed by atoms with Gasteiger partial charge in [0.15, 0.2) is 6.61 Å². The Kier molecular flexibility index (Phi) is 6.77. The van der Waals surface area contributed by atoms with Crippen LogP contribution in [0.25, 0.3) is 0 Å². The topological polar surface area (TPSA) is 93.7 Å². The van der Waals surface area contributed by atoms with Gasteiger partial charge >= 0.3 is 0 Å². The Hall–Kier alpha value is -2.29. The summed E-state index contributed by atoms with van der Waals surface area (Å²) in [6, 6.07) is 12.2. The number of hydrogen-bond acceptors (Lipinski definition) is 5. The predicted molar refractivity (Wildman–Crippen MR) is 106 cm³/mol. The molecule has 1 atom stereocenters. The molecule has 0 spiro atoms. The van der Waals surface area contributed by atoms with E-state index >= 15 is 0 Å². The highest BCUT2D eigenvalue weighted by Gasteiger charge is 2.17. The van der Waals surface area contributed by atoms with Crippen LogP contribution >= 0.6 is 11.6 Å². The van der Waals surface area contributed by atoms with Crippen LogP contribution in [0.4, 0.5) is 5.69 Å². The maximum atomic E-state index is 12.4. The predicted octanol–water partition coefficient (Wildman–Crippen LogP) is 2.81. The summed E-state index contributed by atoms with van der Waals surface area (Å²) in [6.45, 7) is 1.05. The molecular formula is C19H21ClN2O5S. The fourth-order valence-electron chi connectivity index (χ4n) is 2.68. The van der Waals surface area contributed by atoms with Crippen LogP contribution in [0.5, 0.6) is 5.75 Å². The largest absolute Gasteiger partial charge is 0.484 e. The van der Waals surface area contributed by atoms with E-state index in [0.717, 1.165) is 19.4 Å². The van der Waals surface area contributed by atoms with Crippen molar-refractivity contribution in [2.45, 2.75) is 23.8 Å². The molecule has 1 aliphatic heterocycles. The molecule has 9 heteroatoms. The monoisotopic (exact) mass is 424 g/mol. The minimum Gasteiger partial charge on any atom is -0.484 e. The van der Waals surface area contributed by atoms with E-state index in [2.05, 4.69) is 10.0 Å². The highest BCUT2D eigenvalue weighted by Crippen LogP contribution is 2.20. The first-order chi connectivity index (χ1) is 13.4. The van der Waals surface area contributed by atoms with Gasteiger partial charge in [-0.25, -0.2) is 8.42 Å². The van der Waals surface area contributed by atoms with E-state index < -0.39 is 10.0 Å². The molecule has 0 saturated carbocycles. The molecule has 7 nitrogen and oxygen atoms in total. The Morgan fingerprint density at radius 3 is 2.50 bits per heavy atom. The number of ether oxygens (including phenoxy) is 2. The van der Waals surface area contributed by atoms with E-state index in [1.807, 2.05) is 0 Å². The van der Waals surface area contributed by atoms with Gasteiger partial charge in [0.25, 0.3) is 15.9 Å². The van der Waals surface area contributed by atoms with Crippen LogP contribution in [-0.2, 0) is 19.6 Å². The van der Waals surface area contributed by atoms with Gasteiger partial charge in [-0.15, -0.1) is 0 Å². The fourth-order valence-corrected chi connectivity index (χ4v) is 3.86. The van der Waals surface area contributed by atoms with Gasteiger partial charge in [-0.1, -0.05) is 11.6 Å².